The summed E-state index contributed by atoms with van der Waals surface area (Å²) in [6.45, 7) is 2.58. The first kappa shape index (κ1) is 12.1. The molecular weight excluding hydrogens is 228 g/mol. The van der Waals surface area contributed by atoms with Crippen LogP contribution in [-0.4, -0.2) is 16.1 Å². The van der Waals surface area contributed by atoms with E-state index in [1.165, 1.54) is 0 Å². The topological polar surface area (TPSA) is 62.2 Å². The van der Waals surface area contributed by atoms with Gasteiger partial charge < -0.3 is 10.4 Å². The predicted octanol–water partition coefficient (Wildman–Crippen LogP) is 2.70. The van der Waals surface area contributed by atoms with Gasteiger partial charge >= 0.3 is 5.97 Å². The van der Waals surface area contributed by atoms with Crippen LogP contribution in [0.5, 0.6) is 0 Å². The highest BCUT2D eigenvalue weighted by atomic mass is 16.4. The highest BCUT2D eigenvalue weighted by Crippen LogP contribution is 2.09. The third kappa shape index (κ3) is 3.07. The van der Waals surface area contributed by atoms with Gasteiger partial charge in [-0.25, -0.2) is 4.79 Å². The first-order valence-corrected chi connectivity index (χ1v) is 5.64. The fourth-order valence-corrected chi connectivity index (χ4v) is 1.54. The van der Waals surface area contributed by atoms with Gasteiger partial charge in [-0.15, -0.1) is 0 Å². The normalized spacial score (nSPS) is 10.1. The van der Waals surface area contributed by atoms with Crippen LogP contribution in [-0.2, 0) is 6.54 Å². The van der Waals surface area contributed by atoms with Crippen LogP contribution in [0.4, 0.5) is 5.69 Å². The molecule has 0 saturated carbocycles. The van der Waals surface area contributed by atoms with E-state index in [9.17, 15) is 4.79 Å². The van der Waals surface area contributed by atoms with Gasteiger partial charge in [-0.2, -0.15) is 0 Å². The third-order valence-corrected chi connectivity index (χ3v) is 2.61. The van der Waals surface area contributed by atoms with Crippen molar-refractivity contribution < 1.29 is 9.90 Å². The fourth-order valence-electron chi connectivity index (χ4n) is 1.54. The molecule has 0 unspecified atom stereocenters. The third-order valence-electron chi connectivity index (χ3n) is 2.61. The number of hydrogen-bond donors (Lipinski definition) is 2. The molecule has 18 heavy (non-hydrogen) atoms. The maximum atomic E-state index is 10.7. The van der Waals surface area contributed by atoms with Crippen molar-refractivity contribution in [2.45, 2.75) is 13.5 Å². The van der Waals surface area contributed by atoms with E-state index in [1.54, 1.807) is 30.5 Å². The zero-order chi connectivity index (χ0) is 13.0. The van der Waals surface area contributed by atoms with Crippen molar-refractivity contribution in [2.24, 2.45) is 0 Å². The van der Waals surface area contributed by atoms with Crippen LogP contribution >= 0.6 is 0 Å². The molecule has 0 aliphatic rings. The minimum absolute atomic E-state index is 0.302. The molecule has 4 nitrogen and oxygen atoms in total. The van der Waals surface area contributed by atoms with Crippen LogP contribution in [0.2, 0.25) is 0 Å². The lowest BCUT2D eigenvalue weighted by Gasteiger charge is -2.06. The molecule has 0 aliphatic carbocycles. The van der Waals surface area contributed by atoms with E-state index in [1.807, 2.05) is 19.1 Å². The second-order valence-corrected chi connectivity index (χ2v) is 4.04. The monoisotopic (exact) mass is 242 g/mol. The Kier molecular flexibility index (Phi) is 3.57. The first-order chi connectivity index (χ1) is 8.65. The van der Waals surface area contributed by atoms with Crippen molar-refractivity contribution >= 4 is 11.7 Å². The smallest absolute Gasteiger partial charge is 0.335 e. The Labute approximate surface area is 105 Å². The van der Waals surface area contributed by atoms with Crippen molar-refractivity contribution in [1.82, 2.24) is 4.98 Å². The van der Waals surface area contributed by atoms with Crippen LogP contribution in [0.25, 0.3) is 0 Å². The zero-order valence-electron chi connectivity index (χ0n) is 10.1. The van der Waals surface area contributed by atoms with E-state index >= 15 is 0 Å². The number of rotatable bonds is 4. The lowest BCUT2D eigenvalue weighted by Crippen LogP contribution is -2.01. The van der Waals surface area contributed by atoms with Gasteiger partial charge in [0, 0.05) is 12.2 Å². The van der Waals surface area contributed by atoms with Crippen LogP contribution in [0.1, 0.15) is 21.6 Å². The Balaban J connectivity index is 1.97. The van der Waals surface area contributed by atoms with E-state index in [-0.39, 0.29) is 0 Å². The molecule has 0 saturated heterocycles. The maximum Gasteiger partial charge on any atom is 0.335 e. The Morgan fingerprint density at radius 2 is 1.94 bits per heavy atom. The number of carboxylic acid groups (broad SMARTS) is 1. The van der Waals surface area contributed by atoms with Gasteiger partial charge in [0.15, 0.2) is 0 Å². The number of pyridine rings is 1. The first-order valence-electron chi connectivity index (χ1n) is 5.64. The summed E-state index contributed by atoms with van der Waals surface area (Å²) in [6.07, 6.45) is 1.78. The van der Waals surface area contributed by atoms with Crippen LogP contribution in [0.3, 0.4) is 0 Å². The summed E-state index contributed by atoms with van der Waals surface area (Å²) in [5.41, 5.74) is 3.26. The van der Waals surface area contributed by atoms with E-state index in [0.717, 1.165) is 16.9 Å². The Morgan fingerprint density at radius 3 is 2.50 bits per heavy atom. The van der Waals surface area contributed by atoms with Crippen LogP contribution < -0.4 is 5.32 Å². The molecule has 0 radical (unpaired) electrons. The molecule has 4 heteroatoms. The summed E-state index contributed by atoms with van der Waals surface area (Å²) < 4.78 is 0. The van der Waals surface area contributed by atoms with Gasteiger partial charge in [-0.3, -0.25) is 4.98 Å². The average molecular weight is 242 g/mol. The molecule has 0 atom stereocenters. The number of hydrogen-bond acceptors (Lipinski definition) is 3. The second kappa shape index (κ2) is 5.31. The number of aromatic carboxylic acids is 1. The Bertz CT molecular complexity index is 533. The lowest BCUT2D eigenvalue weighted by atomic mass is 10.1. The van der Waals surface area contributed by atoms with Gasteiger partial charge in [0.1, 0.15) is 0 Å². The molecule has 1 aromatic carbocycles. The van der Waals surface area contributed by atoms with Crippen molar-refractivity contribution in [3.63, 3.8) is 0 Å². The molecule has 2 N–H and O–H groups in total. The molecule has 2 rings (SSSR count). The minimum Gasteiger partial charge on any atom is -0.478 e. The molecule has 2 aromatic rings. The number of aromatic nitrogens is 1. The van der Waals surface area contributed by atoms with Gasteiger partial charge in [0.05, 0.1) is 17.4 Å². The summed E-state index contributed by atoms with van der Waals surface area (Å²) >= 11 is 0. The highest BCUT2D eigenvalue weighted by Gasteiger charge is 2.01. The number of nitrogens with one attached hydrogen (secondary N) is 1. The molecule has 0 spiro atoms. The number of anilines is 1. The van der Waals surface area contributed by atoms with E-state index in [0.29, 0.717) is 12.1 Å². The van der Waals surface area contributed by atoms with Crippen molar-refractivity contribution in [3.8, 4) is 0 Å². The van der Waals surface area contributed by atoms with Gasteiger partial charge in [0.2, 0.25) is 0 Å². The summed E-state index contributed by atoms with van der Waals surface area (Å²) in [4.78, 5) is 14.9. The molecule has 92 valence electrons. The standard InChI is InChI=1S/C14H14N2O2/c1-10-2-7-13(9-15-10)16-8-11-3-5-12(6-4-11)14(17)18/h2-7,9,16H,8H2,1H3,(H,17,18). The summed E-state index contributed by atoms with van der Waals surface area (Å²) in [6, 6.07) is 10.7. The van der Waals surface area contributed by atoms with Crippen molar-refractivity contribution in [2.75, 3.05) is 5.32 Å². The molecule has 0 bridgehead atoms. The molecule has 0 aliphatic heterocycles. The van der Waals surface area contributed by atoms with Crippen LogP contribution in [0, 0.1) is 6.92 Å². The predicted molar refractivity (Wildman–Crippen MR) is 69.7 cm³/mol. The molecule has 0 fully saturated rings. The SMILES string of the molecule is Cc1ccc(NCc2ccc(C(=O)O)cc2)cn1. The zero-order valence-corrected chi connectivity index (χ0v) is 10.1. The quantitative estimate of drug-likeness (QED) is 0.865. The number of carbonyl (C=O) groups is 1. The Hall–Kier alpha value is -2.36. The lowest BCUT2D eigenvalue weighted by molar-refractivity contribution is 0.0697. The summed E-state index contributed by atoms with van der Waals surface area (Å²) in [5, 5.41) is 12.0. The second-order valence-electron chi connectivity index (χ2n) is 4.04. The number of nitrogens with zero attached hydrogens (tertiary/aromatic N) is 1. The van der Waals surface area contributed by atoms with E-state index < -0.39 is 5.97 Å². The van der Waals surface area contributed by atoms with Crippen molar-refractivity contribution in [1.29, 1.82) is 0 Å². The van der Waals surface area contributed by atoms with E-state index in [2.05, 4.69) is 10.3 Å². The fraction of sp³-hybridized carbons (Fsp3) is 0.143. The number of benzene rings is 1. The maximum absolute atomic E-state index is 10.7. The molecule has 1 heterocycles. The Morgan fingerprint density at radius 1 is 1.22 bits per heavy atom. The van der Waals surface area contributed by atoms with Gasteiger partial charge in [-0.1, -0.05) is 12.1 Å². The summed E-state index contributed by atoms with van der Waals surface area (Å²) in [5.74, 6) is -0.905. The van der Waals surface area contributed by atoms with Gasteiger partial charge in [-0.05, 0) is 36.8 Å². The minimum atomic E-state index is -0.905. The largest absolute Gasteiger partial charge is 0.478 e. The number of carboxylic acids is 1. The molecular formula is C14H14N2O2. The molecule has 0 amide bonds. The van der Waals surface area contributed by atoms with Crippen molar-refractivity contribution in [3.05, 3.63) is 59.4 Å². The van der Waals surface area contributed by atoms with Gasteiger partial charge in [0.25, 0.3) is 0 Å². The average Bonchev–Trinajstić information content (AvgIpc) is 2.38. The summed E-state index contributed by atoms with van der Waals surface area (Å²) in [7, 11) is 0. The molecule has 1 aromatic heterocycles. The van der Waals surface area contributed by atoms with Crippen LogP contribution in [0.15, 0.2) is 42.6 Å². The number of aryl methyl sites for hydroxylation is 1. The highest BCUT2D eigenvalue weighted by molar-refractivity contribution is 5.87. The van der Waals surface area contributed by atoms with E-state index in [4.69, 9.17) is 5.11 Å².